The number of hydrazine groups is 1. The minimum Gasteiger partial charge on any atom is -0.364 e. The van der Waals surface area contributed by atoms with Crippen molar-refractivity contribution in [3.05, 3.63) is 18.6 Å². The summed E-state index contributed by atoms with van der Waals surface area (Å²) in [6.07, 6.45) is 7.73. The Kier molecular flexibility index (Phi) is 4.21. The maximum atomic E-state index is 5.43. The van der Waals surface area contributed by atoms with Gasteiger partial charge in [-0.25, -0.2) is 15.8 Å². The van der Waals surface area contributed by atoms with Crippen molar-refractivity contribution in [1.29, 1.82) is 0 Å². The van der Waals surface area contributed by atoms with E-state index in [0.717, 1.165) is 17.9 Å². The summed E-state index contributed by atoms with van der Waals surface area (Å²) in [5, 5.41) is 3.41. The van der Waals surface area contributed by atoms with Crippen LogP contribution in [0.4, 0.5) is 11.6 Å². The lowest BCUT2D eigenvalue weighted by Crippen LogP contribution is -2.19. The first-order valence-corrected chi connectivity index (χ1v) is 6.67. The van der Waals surface area contributed by atoms with Crippen molar-refractivity contribution in [3.8, 4) is 0 Å². The highest BCUT2D eigenvalue weighted by Crippen LogP contribution is 2.18. The molecule has 6 heteroatoms. The number of anilines is 2. The smallest absolute Gasteiger partial charge is 0.180 e. The molecule has 0 aliphatic rings. The quantitative estimate of drug-likeness (QED) is 0.549. The van der Waals surface area contributed by atoms with Crippen molar-refractivity contribution in [2.75, 3.05) is 10.7 Å². The monoisotopic (exact) mass is 262 g/mol. The van der Waals surface area contributed by atoms with E-state index in [-0.39, 0.29) is 0 Å². The zero-order chi connectivity index (χ0) is 13.8. The Labute approximate surface area is 113 Å². The van der Waals surface area contributed by atoms with Crippen LogP contribution in [0.25, 0.3) is 5.65 Å². The van der Waals surface area contributed by atoms with E-state index in [1.807, 2.05) is 16.8 Å². The van der Waals surface area contributed by atoms with Gasteiger partial charge in [0.1, 0.15) is 0 Å². The molecule has 0 aromatic carbocycles. The number of nitrogen functional groups attached to an aromatic ring is 1. The van der Waals surface area contributed by atoms with Crippen LogP contribution in [0.15, 0.2) is 18.6 Å². The number of nitrogens with two attached hydrogens (primary N) is 1. The van der Waals surface area contributed by atoms with E-state index in [9.17, 15) is 0 Å². The topological polar surface area (TPSA) is 80.3 Å². The average Bonchev–Trinajstić information content (AvgIpc) is 2.84. The Hall–Kier alpha value is -1.82. The fourth-order valence-electron chi connectivity index (χ4n) is 1.99. The maximum Gasteiger partial charge on any atom is 0.180 e. The Balaban J connectivity index is 2.16. The van der Waals surface area contributed by atoms with E-state index in [1.165, 1.54) is 6.42 Å². The standard InChI is InChI=1S/C13H22N6/c1-9(2)4-5-10(3)16-12-13-15-6-7-19(13)8-11(17-12)18-14/h6-10,18H,4-5,14H2,1-3H3,(H,16,17). The van der Waals surface area contributed by atoms with Gasteiger partial charge in [-0.05, 0) is 25.7 Å². The molecule has 2 aromatic rings. The molecule has 0 saturated heterocycles. The minimum atomic E-state index is 0.350. The highest BCUT2D eigenvalue weighted by atomic mass is 15.3. The van der Waals surface area contributed by atoms with Gasteiger partial charge < -0.3 is 15.1 Å². The van der Waals surface area contributed by atoms with Crippen LogP contribution >= 0.6 is 0 Å². The second kappa shape index (κ2) is 5.88. The molecule has 6 nitrogen and oxygen atoms in total. The summed E-state index contributed by atoms with van der Waals surface area (Å²) < 4.78 is 1.90. The Bertz CT molecular complexity index is 533. The molecule has 0 amide bonds. The van der Waals surface area contributed by atoms with Gasteiger partial charge in [-0.3, -0.25) is 0 Å². The van der Waals surface area contributed by atoms with Crippen LogP contribution in [0.5, 0.6) is 0 Å². The lowest BCUT2D eigenvalue weighted by atomic mass is 10.0. The molecule has 0 aliphatic heterocycles. The zero-order valence-electron chi connectivity index (χ0n) is 11.7. The zero-order valence-corrected chi connectivity index (χ0v) is 11.7. The first-order chi connectivity index (χ1) is 9.10. The molecule has 19 heavy (non-hydrogen) atoms. The third kappa shape index (κ3) is 3.35. The molecule has 0 fully saturated rings. The van der Waals surface area contributed by atoms with Crippen LogP contribution in [-0.4, -0.2) is 20.4 Å². The Morgan fingerprint density at radius 3 is 2.79 bits per heavy atom. The van der Waals surface area contributed by atoms with Crippen molar-refractivity contribution in [3.63, 3.8) is 0 Å². The van der Waals surface area contributed by atoms with Gasteiger partial charge in [0.25, 0.3) is 0 Å². The minimum absolute atomic E-state index is 0.350. The van der Waals surface area contributed by atoms with Crippen LogP contribution in [0, 0.1) is 5.92 Å². The first-order valence-electron chi connectivity index (χ1n) is 6.67. The van der Waals surface area contributed by atoms with Gasteiger partial charge in [-0.15, -0.1) is 0 Å². The maximum absolute atomic E-state index is 5.43. The fraction of sp³-hybridized carbons (Fsp3) is 0.538. The van der Waals surface area contributed by atoms with Crippen molar-refractivity contribution < 1.29 is 0 Å². The lowest BCUT2D eigenvalue weighted by molar-refractivity contribution is 0.527. The highest BCUT2D eigenvalue weighted by molar-refractivity contribution is 5.65. The Morgan fingerprint density at radius 2 is 2.11 bits per heavy atom. The van der Waals surface area contributed by atoms with E-state index in [0.29, 0.717) is 17.8 Å². The lowest BCUT2D eigenvalue weighted by Gasteiger charge is -2.16. The van der Waals surface area contributed by atoms with E-state index in [4.69, 9.17) is 5.84 Å². The first kappa shape index (κ1) is 13.6. The van der Waals surface area contributed by atoms with Crippen LogP contribution in [0.2, 0.25) is 0 Å². The molecule has 0 aliphatic carbocycles. The van der Waals surface area contributed by atoms with Crippen LogP contribution in [0.1, 0.15) is 33.6 Å². The Morgan fingerprint density at radius 1 is 1.32 bits per heavy atom. The third-order valence-corrected chi connectivity index (χ3v) is 3.08. The van der Waals surface area contributed by atoms with Gasteiger partial charge in [0.15, 0.2) is 17.3 Å². The summed E-state index contributed by atoms with van der Waals surface area (Å²) >= 11 is 0. The second-order valence-corrected chi connectivity index (χ2v) is 5.29. The molecule has 104 valence electrons. The van der Waals surface area contributed by atoms with Crippen molar-refractivity contribution in [1.82, 2.24) is 14.4 Å². The summed E-state index contributed by atoms with van der Waals surface area (Å²) in [5.41, 5.74) is 3.39. The summed E-state index contributed by atoms with van der Waals surface area (Å²) in [5.74, 6) is 7.52. The summed E-state index contributed by atoms with van der Waals surface area (Å²) in [4.78, 5) is 8.74. The van der Waals surface area contributed by atoms with Gasteiger partial charge >= 0.3 is 0 Å². The molecule has 0 saturated carbocycles. The summed E-state index contributed by atoms with van der Waals surface area (Å²) in [7, 11) is 0. The normalized spacial score (nSPS) is 12.9. The predicted molar refractivity (Wildman–Crippen MR) is 78.0 cm³/mol. The van der Waals surface area contributed by atoms with E-state index < -0.39 is 0 Å². The predicted octanol–water partition coefficient (Wildman–Crippen LogP) is 2.25. The molecule has 2 rings (SSSR count). The van der Waals surface area contributed by atoms with Crippen LogP contribution in [0.3, 0.4) is 0 Å². The van der Waals surface area contributed by atoms with Crippen molar-refractivity contribution in [2.45, 2.75) is 39.7 Å². The van der Waals surface area contributed by atoms with Gasteiger partial charge in [0, 0.05) is 18.4 Å². The van der Waals surface area contributed by atoms with Crippen LogP contribution in [-0.2, 0) is 0 Å². The van der Waals surface area contributed by atoms with Crippen LogP contribution < -0.4 is 16.6 Å². The molecule has 1 atom stereocenters. The van der Waals surface area contributed by atoms with Crippen molar-refractivity contribution in [2.24, 2.45) is 11.8 Å². The molecule has 0 spiro atoms. The number of nitrogens with one attached hydrogen (secondary N) is 2. The van der Waals surface area contributed by atoms with Gasteiger partial charge in [0.05, 0.1) is 6.20 Å². The van der Waals surface area contributed by atoms with Gasteiger partial charge in [-0.2, -0.15) is 0 Å². The largest absolute Gasteiger partial charge is 0.364 e. The number of hydrogen-bond donors (Lipinski definition) is 3. The summed E-state index contributed by atoms with van der Waals surface area (Å²) in [6.45, 7) is 6.62. The molecule has 2 aromatic heterocycles. The summed E-state index contributed by atoms with van der Waals surface area (Å²) in [6, 6.07) is 0.350. The van der Waals surface area contributed by atoms with E-state index in [2.05, 4.69) is 41.5 Å². The van der Waals surface area contributed by atoms with Gasteiger partial charge in [0.2, 0.25) is 0 Å². The molecule has 2 heterocycles. The number of aromatic nitrogens is 3. The highest BCUT2D eigenvalue weighted by Gasteiger charge is 2.10. The average molecular weight is 262 g/mol. The molecular weight excluding hydrogens is 240 g/mol. The third-order valence-electron chi connectivity index (χ3n) is 3.08. The molecule has 4 N–H and O–H groups in total. The van der Waals surface area contributed by atoms with E-state index in [1.54, 1.807) is 6.20 Å². The van der Waals surface area contributed by atoms with Crippen molar-refractivity contribution >= 4 is 17.3 Å². The van der Waals surface area contributed by atoms with E-state index >= 15 is 0 Å². The fourth-order valence-corrected chi connectivity index (χ4v) is 1.99. The molecule has 0 radical (unpaired) electrons. The number of fused-ring (bicyclic) bond motifs is 1. The number of nitrogens with zero attached hydrogens (tertiary/aromatic N) is 3. The molecular formula is C13H22N6. The number of imidazole rings is 1. The van der Waals surface area contributed by atoms with Gasteiger partial charge in [-0.1, -0.05) is 13.8 Å². The number of rotatable bonds is 6. The SMILES string of the molecule is CC(C)CCC(C)Nc1nc(NN)cn2ccnc12. The molecule has 0 bridgehead atoms. The number of hydrogen-bond acceptors (Lipinski definition) is 5. The molecule has 1 unspecified atom stereocenters. The second-order valence-electron chi connectivity index (χ2n) is 5.29.